The van der Waals surface area contributed by atoms with Gasteiger partial charge in [-0.25, -0.2) is 14.8 Å². The lowest BCUT2D eigenvalue weighted by Gasteiger charge is -2.16. The molecule has 18 heavy (non-hydrogen) atoms. The van der Waals surface area contributed by atoms with E-state index in [1.54, 1.807) is 0 Å². The molecule has 0 radical (unpaired) electrons. The maximum Gasteiger partial charge on any atom is 0.360 e. The molecule has 0 aliphatic carbocycles. The molecule has 1 saturated heterocycles. The van der Waals surface area contributed by atoms with Crippen LogP contribution in [0.5, 0.6) is 0 Å². The zero-order valence-electron chi connectivity index (χ0n) is 9.46. The Balaban J connectivity index is 2.44. The van der Waals surface area contributed by atoms with Crippen LogP contribution in [-0.4, -0.2) is 46.7 Å². The highest BCUT2D eigenvalue weighted by Gasteiger charge is 2.33. The molecule has 1 N–H and O–H groups in total. The first-order valence-electron chi connectivity index (χ1n) is 5.12. The minimum Gasteiger partial charge on any atom is -0.464 e. The number of hydrogen-bond acceptors (Lipinski definition) is 6. The summed E-state index contributed by atoms with van der Waals surface area (Å²) in [7, 11) is 1.23. The van der Waals surface area contributed by atoms with Crippen LogP contribution in [0.15, 0.2) is 6.20 Å². The number of carbonyl (C=O) groups excluding carboxylic acids is 2. The fourth-order valence-electron chi connectivity index (χ4n) is 1.69. The number of hydrogen-bond donors (Lipinski definition) is 1. The first-order valence-corrected chi connectivity index (χ1v) is 6.20. The van der Waals surface area contributed by atoms with Gasteiger partial charge in [-0.3, -0.25) is 9.69 Å². The SMILES string of the molecule is COC(=O)c1nc(I)cnc1N1CC(O)CC1=O. The number of halogens is 1. The number of methoxy groups -OCH3 is 1. The smallest absolute Gasteiger partial charge is 0.360 e. The van der Waals surface area contributed by atoms with Gasteiger partial charge in [0.15, 0.2) is 11.5 Å². The fraction of sp³-hybridized carbons (Fsp3) is 0.400. The lowest BCUT2D eigenvalue weighted by molar-refractivity contribution is -0.117. The van der Waals surface area contributed by atoms with Gasteiger partial charge in [0.25, 0.3) is 0 Å². The number of aliphatic hydroxyl groups excluding tert-OH is 1. The molecule has 1 aliphatic rings. The van der Waals surface area contributed by atoms with Crippen molar-refractivity contribution in [1.29, 1.82) is 0 Å². The summed E-state index contributed by atoms with van der Waals surface area (Å²) in [6, 6.07) is 0. The van der Waals surface area contributed by atoms with Crippen molar-refractivity contribution in [3.05, 3.63) is 15.6 Å². The van der Waals surface area contributed by atoms with Gasteiger partial charge < -0.3 is 9.84 Å². The third kappa shape index (κ3) is 2.43. The summed E-state index contributed by atoms with van der Waals surface area (Å²) in [4.78, 5) is 32.6. The van der Waals surface area contributed by atoms with Crippen molar-refractivity contribution in [2.75, 3.05) is 18.6 Å². The second kappa shape index (κ2) is 5.14. The van der Waals surface area contributed by atoms with Crippen LogP contribution in [0.3, 0.4) is 0 Å². The molecule has 1 aliphatic heterocycles. The zero-order valence-corrected chi connectivity index (χ0v) is 11.6. The molecule has 1 amide bonds. The fourth-order valence-corrected chi connectivity index (χ4v) is 2.07. The van der Waals surface area contributed by atoms with Crippen LogP contribution in [0.25, 0.3) is 0 Å². The van der Waals surface area contributed by atoms with Crippen molar-refractivity contribution in [3.63, 3.8) is 0 Å². The Hall–Kier alpha value is -1.29. The lowest BCUT2D eigenvalue weighted by atomic mass is 10.3. The Labute approximate surface area is 116 Å². The molecule has 1 atom stereocenters. The first kappa shape index (κ1) is 13.1. The minimum absolute atomic E-state index is 0.0214. The maximum absolute atomic E-state index is 11.7. The predicted octanol–water partition coefficient (Wildman–Crippen LogP) is -0.0346. The molecule has 0 aromatic carbocycles. The minimum atomic E-state index is -0.746. The van der Waals surface area contributed by atoms with Crippen LogP contribution in [0.2, 0.25) is 0 Å². The number of rotatable bonds is 2. The van der Waals surface area contributed by atoms with Crippen molar-refractivity contribution in [3.8, 4) is 0 Å². The number of carbonyl (C=O) groups is 2. The number of aliphatic hydroxyl groups is 1. The van der Waals surface area contributed by atoms with E-state index in [4.69, 9.17) is 0 Å². The number of β-amino-alcohol motifs (C(OH)–C–C–N with tert-alkyl or cyclic N) is 1. The van der Waals surface area contributed by atoms with E-state index < -0.39 is 12.1 Å². The van der Waals surface area contributed by atoms with Crippen LogP contribution in [0.1, 0.15) is 16.9 Å². The molecule has 7 nitrogen and oxygen atoms in total. The van der Waals surface area contributed by atoms with E-state index in [2.05, 4.69) is 14.7 Å². The summed E-state index contributed by atoms with van der Waals surface area (Å²) in [5.41, 5.74) is -0.0214. The van der Waals surface area contributed by atoms with Crippen molar-refractivity contribution < 1.29 is 19.4 Å². The van der Waals surface area contributed by atoms with Gasteiger partial charge in [-0.1, -0.05) is 0 Å². The second-order valence-electron chi connectivity index (χ2n) is 3.72. The van der Waals surface area contributed by atoms with Crippen LogP contribution < -0.4 is 4.90 Å². The average Bonchev–Trinajstić information content (AvgIpc) is 2.67. The number of esters is 1. The molecule has 8 heteroatoms. The molecule has 0 saturated carbocycles. The quantitative estimate of drug-likeness (QED) is 0.586. The van der Waals surface area contributed by atoms with Gasteiger partial charge >= 0.3 is 5.97 Å². The number of nitrogens with zero attached hydrogens (tertiary/aromatic N) is 3. The van der Waals surface area contributed by atoms with Crippen molar-refractivity contribution in [2.24, 2.45) is 0 Å². The topological polar surface area (TPSA) is 92.6 Å². The molecule has 1 fully saturated rings. The number of aromatic nitrogens is 2. The van der Waals surface area contributed by atoms with Crippen molar-refractivity contribution >= 4 is 40.3 Å². The maximum atomic E-state index is 11.7. The Bertz CT molecular complexity index is 508. The summed E-state index contributed by atoms with van der Waals surface area (Å²) in [5.74, 6) is -0.822. The van der Waals surface area contributed by atoms with Gasteiger partial charge in [-0.05, 0) is 22.6 Å². The Morgan fingerprint density at radius 1 is 1.67 bits per heavy atom. The summed E-state index contributed by atoms with van der Waals surface area (Å²) >= 11 is 1.91. The van der Waals surface area contributed by atoms with Crippen molar-refractivity contribution in [1.82, 2.24) is 9.97 Å². The first-order chi connectivity index (χ1) is 8.52. The largest absolute Gasteiger partial charge is 0.464 e. The highest BCUT2D eigenvalue weighted by molar-refractivity contribution is 14.1. The molecule has 2 heterocycles. The molecule has 0 bridgehead atoms. The average molecular weight is 363 g/mol. The van der Waals surface area contributed by atoms with E-state index in [0.29, 0.717) is 3.70 Å². The van der Waals surface area contributed by atoms with Gasteiger partial charge in [0, 0.05) is 0 Å². The Morgan fingerprint density at radius 2 is 2.39 bits per heavy atom. The van der Waals surface area contributed by atoms with Crippen LogP contribution in [-0.2, 0) is 9.53 Å². The highest BCUT2D eigenvalue weighted by Crippen LogP contribution is 2.23. The van der Waals surface area contributed by atoms with Gasteiger partial charge in [-0.2, -0.15) is 0 Å². The molecule has 1 aromatic rings. The summed E-state index contributed by atoms with van der Waals surface area (Å²) in [6.45, 7) is 0.109. The van der Waals surface area contributed by atoms with Crippen LogP contribution in [0.4, 0.5) is 5.82 Å². The third-order valence-electron chi connectivity index (χ3n) is 2.46. The number of anilines is 1. The van der Waals surface area contributed by atoms with Gasteiger partial charge in [0.2, 0.25) is 5.91 Å². The number of amides is 1. The summed E-state index contributed by atoms with van der Waals surface area (Å²) in [6.07, 6.45) is 0.721. The summed E-state index contributed by atoms with van der Waals surface area (Å²) in [5, 5.41) is 9.44. The number of ether oxygens (including phenoxy) is 1. The van der Waals surface area contributed by atoms with E-state index in [0.717, 1.165) is 0 Å². The standard InChI is InChI=1S/C10H10IN3O4/c1-18-10(17)8-9(12-3-6(11)13-8)14-4-5(15)2-7(14)16/h3,5,15H,2,4H2,1H3. The highest BCUT2D eigenvalue weighted by atomic mass is 127. The van der Waals surface area contributed by atoms with Gasteiger partial charge in [0.05, 0.1) is 32.4 Å². The van der Waals surface area contributed by atoms with Crippen LogP contribution in [0, 0.1) is 3.70 Å². The van der Waals surface area contributed by atoms with Gasteiger partial charge in [0.1, 0.15) is 3.70 Å². The zero-order chi connectivity index (χ0) is 13.3. The van der Waals surface area contributed by atoms with E-state index in [1.165, 1.54) is 18.2 Å². The molecular weight excluding hydrogens is 353 g/mol. The Morgan fingerprint density at radius 3 is 2.94 bits per heavy atom. The van der Waals surface area contributed by atoms with E-state index in [9.17, 15) is 14.7 Å². The third-order valence-corrected chi connectivity index (χ3v) is 2.98. The van der Waals surface area contributed by atoms with Crippen LogP contribution >= 0.6 is 22.6 Å². The Kier molecular flexibility index (Phi) is 3.76. The second-order valence-corrected chi connectivity index (χ2v) is 4.82. The van der Waals surface area contributed by atoms with Crippen molar-refractivity contribution in [2.45, 2.75) is 12.5 Å². The van der Waals surface area contributed by atoms with E-state index >= 15 is 0 Å². The molecule has 96 valence electrons. The summed E-state index contributed by atoms with van der Waals surface area (Å²) < 4.78 is 5.13. The molecule has 1 aromatic heterocycles. The molecule has 1 unspecified atom stereocenters. The van der Waals surface area contributed by atoms with E-state index in [-0.39, 0.29) is 30.4 Å². The molecule has 2 rings (SSSR count). The molecule has 0 spiro atoms. The molecular formula is C10H10IN3O4. The normalized spacial score (nSPS) is 19.2. The van der Waals surface area contributed by atoms with E-state index in [1.807, 2.05) is 22.6 Å². The predicted molar refractivity (Wildman–Crippen MR) is 69.1 cm³/mol. The monoisotopic (exact) mass is 363 g/mol. The lowest BCUT2D eigenvalue weighted by Crippen LogP contribution is -2.29. The van der Waals surface area contributed by atoms with Gasteiger partial charge in [-0.15, -0.1) is 0 Å².